The predicted molar refractivity (Wildman–Crippen MR) is 105 cm³/mol. The lowest BCUT2D eigenvalue weighted by molar-refractivity contribution is -0.134. The average Bonchev–Trinajstić information content (AvgIpc) is 3.45. The van der Waals surface area contributed by atoms with E-state index >= 15 is 0 Å². The van der Waals surface area contributed by atoms with Crippen molar-refractivity contribution in [1.29, 1.82) is 0 Å². The Labute approximate surface area is 167 Å². The highest BCUT2D eigenvalue weighted by Crippen LogP contribution is 2.21. The molecule has 2 heterocycles. The van der Waals surface area contributed by atoms with E-state index in [1.54, 1.807) is 11.9 Å². The summed E-state index contributed by atoms with van der Waals surface area (Å²) >= 11 is 0. The van der Waals surface area contributed by atoms with Crippen molar-refractivity contribution in [2.75, 3.05) is 7.05 Å². The number of rotatable bonds is 7. The molecule has 0 aliphatic heterocycles. The fourth-order valence-corrected chi connectivity index (χ4v) is 3.14. The molecule has 1 atom stereocenters. The molecule has 8 heteroatoms. The van der Waals surface area contributed by atoms with Crippen molar-refractivity contribution in [3.8, 4) is 11.3 Å². The van der Waals surface area contributed by atoms with Gasteiger partial charge in [0.15, 0.2) is 5.76 Å². The highest BCUT2D eigenvalue weighted by Gasteiger charge is 2.26. The van der Waals surface area contributed by atoms with Crippen LogP contribution in [0, 0.1) is 0 Å². The molecule has 0 unspecified atom stereocenters. The van der Waals surface area contributed by atoms with Gasteiger partial charge in [-0.2, -0.15) is 0 Å². The smallest absolute Gasteiger partial charge is 0.248 e. The second kappa shape index (κ2) is 8.47. The lowest BCUT2D eigenvalue weighted by Crippen LogP contribution is -2.35. The summed E-state index contributed by atoms with van der Waals surface area (Å²) in [6, 6.07) is 20.9. The first-order valence-corrected chi connectivity index (χ1v) is 9.23. The average molecular weight is 388 g/mol. The predicted octanol–water partition coefficient (Wildman–Crippen LogP) is 2.77. The van der Waals surface area contributed by atoms with E-state index in [1.807, 2.05) is 66.7 Å². The van der Waals surface area contributed by atoms with Crippen LogP contribution in [0.4, 0.5) is 0 Å². The van der Waals surface area contributed by atoms with Crippen molar-refractivity contribution >= 4 is 5.91 Å². The van der Waals surface area contributed by atoms with E-state index in [1.165, 1.54) is 11.0 Å². The normalized spacial score (nSPS) is 11.9. The molecule has 0 fully saturated rings. The Morgan fingerprint density at radius 2 is 1.83 bits per heavy atom. The summed E-state index contributed by atoms with van der Waals surface area (Å²) < 4.78 is 6.93. The Bertz CT molecular complexity index is 1050. The first-order chi connectivity index (χ1) is 14.2. The minimum absolute atomic E-state index is 0.112. The molecule has 2 aromatic carbocycles. The second-order valence-corrected chi connectivity index (χ2v) is 6.73. The van der Waals surface area contributed by atoms with Crippen molar-refractivity contribution in [3.05, 3.63) is 84.4 Å². The molecule has 0 N–H and O–H groups in total. The van der Waals surface area contributed by atoms with E-state index in [0.29, 0.717) is 18.7 Å². The third-order valence-corrected chi connectivity index (χ3v) is 4.64. The fourth-order valence-electron chi connectivity index (χ4n) is 3.14. The number of hydrogen-bond acceptors (Lipinski definition) is 6. The molecular weight excluding hydrogens is 368 g/mol. The van der Waals surface area contributed by atoms with E-state index in [0.717, 1.165) is 16.8 Å². The van der Waals surface area contributed by atoms with Gasteiger partial charge < -0.3 is 9.42 Å². The molecular formula is C21H20N6O2. The first kappa shape index (κ1) is 18.5. The number of amides is 1. The van der Waals surface area contributed by atoms with Gasteiger partial charge in [-0.3, -0.25) is 4.79 Å². The molecule has 1 amide bonds. The van der Waals surface area contributed by atoms with Crippen molar-refractivity contribution in [2.45, 2.75) is 19.0 Å². The summed E-state index contributed by atoms with van der Waals surface area (Å²) in [5.41, 5.74) is 2.73. The van der Waals surface area contributed by atoms with E-state index in [2.05, 4.69) is 20.7 Å². The van der Waals surface area contributed by atoms with Gasteiger partial charge in [0, 0.05) is 25.1 Å². The molecule has 2 aromatic heterocycles. The number of likely N-dealkylation sites (N-methyl/N-ethyl adjacent to an activating group) is 1. The second-order valence-electron chi connectivity index (χ2n) is 6.73. The lowest BCUT2D eigenvalue weighted by atomic mass is 10.0. The number of tetrazole rings is 1. The Hall–Kier alpha value is -3.81. The summed E-state index contributed by atoms with van der Waals surface area (Å²) in [6.45, 7) is 0.298. The lowest BCUT2D eigenvalue weighted by Gasteiger charge is -2.22. The van der Waals surface area contributed by atoms with E-state index in [9.17, 15) is 4.79 Å². The molecule has 4 aromatic rings. The molecule has 0 saturated heterocycles. The highest BCUT2D eigenvalue weighted by atomic mass is 16.5. The van der Waals surface area contributed by atoms with E-state index in [4.69, 9.17) is 4.52 Å². The largest absolute Gasteiger partial charge is 0.359 e. The Morgan fingerprint density at radius 3 is 2.52 bits per heavy atom. The van der Waals surface area contributed by atoms with Crippen LogP contribution < -0.4 is 0 Å². The van der Waals surface area contributed by atoms with Gasteiger partial charge in [-0.25, -0.2) is 4.68 Å². The van der Waals surface area contributed by atoms with E-state index in [-0.39, 0.29) is 5.91 Å². The Morgan fingerprint density at radius 1 is 1.10 bits per heavy atom. The summed E-state index contributed by atoms with van der Waals surface area (Å²) in [5.74, 6) is 0.494. The molecule has 0 bridgehead atoms. The molecule has 0 radical (unpaired) electrons. The third-order valence-electron chi connectivity index (χ3n) is 4.64. The van der Waals surface area contributed by atoms with Crippen LogP contribution in [0.15, 0.2) is 77.6 Å². The van der Waals surface area contributed by atoms with Crippen LogP contribution in [0.3, 0.4) is 0 Å². The van der Waals surface area contributed by atoms with E-state index < -0.39 is 6.04 Å². The standard InChI is InChI=1S/C21H20N6O2/c1-26(14-18-13-19(23-29-18)17-10-6-3-7-11-17)21(28)20(27-15-22-24-25-27)12-16-8-4-2-5-9-16/h2-11,13,15,20H,12,14H2,1H3/t20-/m0/s1. The van der Waals surface area contributed by atoms with Crippen LogP contribution in [0.5, 0.6) is 0 Å². The van der Waals surface area contributed by atoms with Gasteiger partial charge in [0.05, 0.1) is 6.54 Å². The third kappa shape index (κ3) is 4.37. The van der Waals surface area contributed by atoms with Crippen LogP contribution in [0.1, 0.15) is 17.4 Å². The zero-order chi connectivity index (χ0) is 20.1. The van der Waals surface area contributed by atoms with Crippen LogP contribution in [0.2, 0.25) is 0 Å². The number of carbonyl (C=O) groups excluding carboxylic acids is 1. The highest BCUT2D eigenvalue weighted by molar-refractivity contribution is 5.80. The van der Waals surface area contributed by atoms with Gasteiger partial charge >= 0.3 is 0 Å². The van der Waals surface area contributed by atoms with Gasteiger partial charge in [0.1, 0.15) is 18.1 Å². The summed E-state index contributed by atoms with van der Waals surface area (Å²) in [4.78, 5) is 14.8. The van der Waals surface area contributed by atoms with Crippen LogP contribution >= 0.6 is 0 Å². The van der Waals surface area contributed by atoms with Gasteiger partial charge in [0.2, 0.25) is 5.91 Å². The zero-order valence-corrected chi connectivity index (χ0v) is 15.9. The minimum atomic E-state index is -0.547. The van der Waals surface area contributed by atoms with Crippen molar-refractivity contribution in [2.24, 2.45) is 0 Å². The number of hydrogen-bond donors (Lipinski definition) is 0. The molecule has 0 aliphatic rings. The maximum absolute atomic E-state index is 13.2. The topological polar surface area (TPSA) is 89.9 Å². The maximum atomic E-state index is 13.2. The summed E-state index contributed by atoms with van der Waals surface area (Å²) in [6.07, 6.45) is 1.95. The van der Waals surface area contributed by atoms with Crippen LogP contribution in [-0.2, 0) is 17.8 Å². The monoisotopic (exact) mass is 388 g/mol. The number of carbonyl (C=O) groups is 1. The number of benzene rings is 2. The molecule has 4 rings (SSSR count). The van der Waals surface area contributed by atoms with Crippen molar-refractivity contribution in [1.82, 2.24) is 30.3 Å². The zero-order valence-electron chi connectivity index (χ0n) is 15.9. The fraction of sp³-hybridized carbons (Fsp3) is 0.190. The first-order valence-electron chi connectivity index (χ1n) is 9.23. The molecule has 0 spiro atoms. The molecule has 146 valence electrons. The Kier molecular flexibility index (Phi) is 5.42. The summed E-state index contributed by atoms with van der Waals surface area (Å²) in [7, 11) is 1.73. The number of aromatic nitrogens is 5. The van der Waals surface area contributed by atoms with Gasteiger partial charge in [-0.05, 0) is 16.0 Å². The minimum Gasteiger partial charge on any atom is -0.359 e. The SMILES string of the molecule is CN(Cc1cc(-c2ccccc2)no1)C(=O)[C@H](Cc1ccccc1)n1cnnn1. The maximum Gasteiger partial charge on any atom is 0.248 e. The molecule has 0 saturated carbocycles. The summed E-state index contributed by atoms with van der Waals surface area (Å²) in [5, 5.41) is 15.4. The van der Waals surface area contributed by atoms with Gasteiger partial charge in [-0.1, -0.05) is 65.8 Å². The van der Waals surface area contributed by atoms with Crippen LogP contribution in [-0.4, -0.2) is 43.2 Å². The van der Waals surface area contributed by atoms with Gasteiger partial charge in [-0.15, -0.1) is 5.10 Å². The van der Waals surface area contributed by atoms with Crippen molar-refractivity contribution in [3.63, 3.8) is 0 Å². The Balaban J connectivity index is 1.50. The molecule has 0 aliphatic carbocycles. The number of nitrogens with zero attached hydrogens (tertiary/aromatic N) is 6. The van der Waals surface area contributed by atoms with Crippen LogP contribution in [0.25, 0.3) is 11.3 Å². The van der Waals surface area contributed by atoms with Gasteiger partial charge in [0.25, 0.3) is 0 Å². The molecule has 29 heavy (non-hydrogen) atoms. The van der Waals surface area contributed by atoms with Crippen molar-refractivity contribution < 1.29 is 9.32 Å². The molecule has 8 nitrogen and oxygen atoms in total. The quantitative estimate of drug-likeness (QED) is 0.484.